The molecule has 2 aromatic rings. The highest BCUT2D eigenvalue weighted by Gasteiger charge is 2.35. The number of nitrogens with two attached hydrogens (primary N) is 1. The summed E-state index contributed by atoms with van der Waals surface area (Å²) in [7, 11) is 1.41. The molecule has 0 heterocycles. The van der Waals surface area contributed by atoms with E-state index in [1.807, 2.05) is 0 Å². The van der Waals surface area contributed by atoms with Gasteiger partial charge < -0.3 is 36.6 Å². The van der Waals surface area contributed by atoms with Gasteiger partial charge in [-0.1, -0.05) is 38.1 Å². The Hall–Kier alpha value is -4.12. The van der Waals surface area contributed by atoms with Crippen molar-refractivity contribution in [2.75, 3.05) is 7.05 Å². The molecule has 11 heteroatoms. The second-order valence-electron chi connectivity index (χ2n) is 9.62. The lowest BCUT2D eigenvalue weighted by molar-refractivity contribution is -0.145. The lowest BCUT2D eigenvalue weighted by Crippen LogP contribution is -2.59. The van der Waals surface area contributed by atoms with Gasteiger partial charge in [0.15, 0.2) is 0 Å². The molecule has 38 heavy (non-hydrogen) atoms. The number of carboxylic acid groups (broad SMARTS) is 1. The molecule has 7 N–H and O–H groups in total. The van der Waals surface area contributed by atoms with E-state index in [1.165, 1.54) is 43.1 Å². The predicted octanol–water partition coefficient (Wildman–Crippen LogP) is 0.767. The fraction of sp³-hybridized carbons (Fsp3) is 0.407. The summed E-state index contributed by atoms with van der Waals surface area (Å²) in [6.45, 7) is 4.97. The van der Waals surface area contributed by atoms with Crippen LogP contribution in [0, 0.1) is 5.92 Å². The van der Waals surface area contributed by atoms with Crippen LogP contribution in [0.25, 0.3) is 0 Å². The molecular weight excluding hydrogens is 492 g/mol. The molecule has 0 bridgehead atoms. The number of likely N-dealkylation sites (N-methyl/N-ethyl adjacent to an activating group) is 1. The Kier molecular flexibility index (Phi) is 10.6. The van der Waals surface area contributed by atoms with E-state index in [4.69, 9.17) is 5.73 Å². The minimum Gasteiger partial charge on any atom is -0.508 e. The summed E-state index contributed by atoms with van der Waals surface area (Å²) in [6.07, 6.45) is -0.0318. The maximum absolute atomic E-state index is 13.5. The number of phenolic OH excluding ortho intramolecular Hbond substituents is 2. The maximum Gasteiger partial charge on any atom is 0.326 e. The molecular formula is C27H36N4O7. The summed E-state index contributed by atoms with van der Waals surface area (Å²) in [4.78, 5) is 52.4. The first-order chi connectivity index (χ1) is 17.8. The van der Waals surface area contributed by atoms with Crippen LogP contribution in [-0.2, 0) is 32.0 Å². The Bertz CT molecular complexity index is 1120. The lowest BCUT2D eigenvalue weighted by atomic mass is 9.98. The molecule has 2 rings (SSSR count). The largest absolute Gasteiger partial charge is 0.508 e. The summed E-state index contributed by atoms with van der Waals surface area (Å²) >= 11 is 0. The molecule has 0 fully saturated rings. The van der Waals surface area contributed by atoms with Crippen LogP contribution in [0.1, 0.15) is 31.9 Å². The Labute approximate surface area is 221 Å². The van der Waals surface area contributed by atoms with Gasteiger partial charge in [-0.3, -0.25) is 14.4 Å². The van der Waals surface area contributed by atoms with Gasteiger partial charge in [0.25, 0.3) is 0 Å². The highest BCUT2D eigenvalue weighted by atomic mass is 16.4. The van der Waals surface area contributed by atoms with Crippen LogP contribution in [0.2, 0.25) is 0 Å². The van der Waals surface area contributed by atoms with Crippen LogP contribution in [0.15, 0.2) is 48.5 Å². The number of amides is 3. The van der Waals surface area contributed by atoms with Crippen LogP contribution in [-0.4, -0.2) is 75.1 Å². The highest BCUT2D eigenvalue weighted by molar-refractivity contribution is 5.94. The molecule has 0 aliphatic carbocycles. The molecule has 3 amide bonds. The zero-order valence-corrected chi connectivity index (χ0v) is 21.9. The van der Waals surface area contributed by atoms with Gasteiger partial charge in [0.05, 0.1) is 6.04 Å². The van der Waals surface area contributed by atoms with Crippen molar-refractivity contribution < 1.29 is 34.5 Å². The van der Waals surface area contributed by atoms with E-state index in [1.54, 1.807) is 38.1 Å². The number of phenols is 2. The van der Waals surface area contributed by atoms with E-state index >= 15 is 0 Å². The Morgan fingerprint density at radius 1 is 0.816 bits per heavy atom. The predicted molar refractivity (Wildman–Crippen MR) is 140 cm³/mol. The third-order valence-electron chi connectivity index (χ3n) is 6.12. The first kappa shape index (κ1) is 30.1. The van der Waals surface area contributed by atoms with Crippen molar-refractivity contribution in [2.24, 2.45) is 11.7 Å². The molecule has 206 valence electrons. The normalized spacial score (nSPS) is 14.2. The van der Waals surface area contributed by atoms with Gasteiger partial charge in [-0.25, -0.2) is 4.79 Å². The minimum absolute atomic E-state index is 0.0198. The fourth-order valence-corrected chi connectivity index (χ4v) is 3.77. The number of aromatic hydroxyl groups is 2. The number of aliphatic carboxylic acids is 1. The van der Waals surface area contributed by atoms with Gasteiger partial charge in [-0.2, -0.15) is 0 Å². The number of nitrogens with zero attached hydrogens (tertiary/aromatic N) is 1. The molecule has 4 atom stereocenters. The average Bonchev–Trinajstić information content (AvgIpc) is 2.86. The molecule has 0 unspecified atom stereocenters. The Morgan fingerprint density at radius 2 is 1.29 bits per heavy atom. The topological polar surface area (TPSA) is 182 Å². The minimum atomic E-state index is -1.31. The molecule has 0 radical (unpaired) electrons. The lowest BCUT2D eigenvalue weighted by Gasteiger charge is -2.33. The van der Waals surface area contributed by atoms with Crippen LogP contribution in [0.4, 0.5) is 0 Å². The third kappa shape index (κ3) is 8.48. The second kappa shape index (κ2) is 13.4. The van der Waals surface area contributed by atoms with Gasteiger partial charge in [0.2, 0.25) is 17.7 Å². The first-order valence-corrected chi connectivity index (χ1v) is 12.2. The highest BCUT2D eigenvalue weighted by Crippen LogP contribution is 2.17. The van der Waals surface area contributed by atoms with E-state index in [0.717, 1.165) is 0 Å². The van der Waals surface area contributed by atoms with Gasteiger partial charge in [0.1, 0.15) is 29.6 Å². The van der Waals surface area contributed by atoms with Crippen molar-refractivity contribution in [3.05, 3.63) is 59.7 Å². The Balaban J connectivity index is 2.34. The van der Waals surface area contributed by atoms with Crippen LogP contribution in [0.3, 0.4) is 0 Å². The van der Waals surface area contributed by atoms with Crippen molar-refractivity contribution in [2.45, 2.75) is 57.8 Å². The van der Waals surface area contributed by atoms with Crippen LogP contribution in [0.5, 0.6) is 11.5 Å². The monoisotopic (exact) mass is 528 g/mol. The van der Waals surface area contributed by atoms with E-state index in [9.17, 15) is 34.5 Å². The standard InChI is InChI=1S/C27H36N4O7/c1-15(2)23(30-24(34)16(3)28)26(36)31(4)22(14-18-7-11-20(33)12-8-18)25(35)29-21(27(37)38)13-17-5-9-19(32)10-6-17/h5-12,15-16,21-23,32-33H,13-14,28H2,1-4H3,(H,29,35)(H,30,34)(H,37,38)/t16-,21-,22-,23-/m0/s1. The molecule has 11 nitrogen and oxygen atoms in total. The van der Waals surface area contributed by atoms with Crippen molar-refractivity contribution >= 4 is 23.7 Å². The fourth-order valence-electron chi connectivity index (χ4n) is 3.77. The van der Waals surface area contributed by atoms with Gasteiger partial charge in [0, 0.05) is 19.9 Å². The summed E-state index contributed by atoms with van der Waals surface area (Å²) in [5.41, 5.74) is 6.84. The smallest absolute Gasteiger partial charge is 0.326 e. The van der Waals surface area contributed by atoms with Crippen LogP contribution >= 0.6 is 0 Å². The molecule has 0 aliphatic heterocycles. The van der Waals surface area contributed by atoms with Gasteiger partial charge in [-0.05, 0) is 48.2 Å². The quantitative estimate of drug-likeness (QED) is 0.233. The number of carboxylic acids is 1. The summed E-state index contributed by atoms with van der Waals surface area (Å²) in [5, 5.41) is 34.0. The summed E-state index contributed by atoms with van der Waals surface area (Å²) < 4.78 is 0. The zero-order chi connectivity index (χ0) is 28.6. The SMILES string of the molecule is CC(C)[C@H](NC(=O)[C@H](C)N)C(=O)N(C)[C@@H](Cc1ccc(O)cc1)C(=O)N[C@@H](Cc1ccc(O)cc1)C(=O)O. The molecule has 0 saturated carbocycles. The molecule has 0 aromatic heterocycles. The number of hydrogen-bond donors (Lipinski definition) is 6. The molecule has 2 aromatic carbocycles. The van der Waals surface area contributed by atoms with Crippen molar-refractivity contribution in [1.29, 1.82) is 0 Å². The van der Waals surface area contributed by atoms with E-state index < -0.39 is 47.9 Å². The van der Waals surface area contributed by atoms with Crippen molar-refractivity contribution in [3.63, 3.8) is 0 Å². The van der Waals surface area contributed by atoms with E-state index in [-0.39, 0.29) is 30.3 Å². The first-order valence-electron chi connectivity index (χ1n) is 12.2. The average molecular weight is 529 g/mol. The zero-order valence-electron chi connectivity index (χ0n) is 21.9. The molecule has 0 aliphatic rings. The van der Waals surface area contributed by atoms with Crippen LogP contribution < -0.4 is 16.4 Å². The number of nitrogens with one attached hydrogen (secondary N) is 2. The summed E-state index contributed by atoms with van der Waals surface area (Å²) in [5.74, 6) is -3.32. The maximum atomic E-state index is 13.5. The number of carbonyl (C=O) groups excluding carboxylic acids is 3. The Morgan fingerprint density at radius 3 is 1.71 bits per heavy atom. The van der Waals surface area contributed by atoms with Crippen molar-refractivity contribution in [3.8, 4) is 11.5 Å². The van der Waals surface area contributed by atoms with Gasteiger partial charge in [-0.15, -0.1) is 0 Å². The number of hydrogen-bond acceptors (Lipinski definition) is 7. The van der Waals surface area contributed by atoms with E-state index in [0.29, 0.717) is 11.1 Å². The summed E-state index contributed by atoms with van der Waals surface area (Å²) in [6, 6.07) is 7.74. The third-order valence-corrected chi connectivity index (χ3v) is 6.12. The number of benzene rings is 2. The van der Waals surface area contributed by atoms with E-state index in [2.05, 4.69) is 10.6 Å². The van der Waals surface area contributed by atoms with Gasteiger partial charge >= 0.3 is 5.97 Å². The number of rotatable bonds is 12. The molecule has 0 saturated heterocycles. The second-order valence-corrected chi connectivity index (χ2v) is 9.62. The van der Waals surface area contributed by atoms with Crippen molar-refractivity contribution in [1.82, 2.24) is 15.5 Å². The molecule has 0 spiro atoms. The number of carbonyl (C=O) groups is 4.